The number of halogens is 1. The molecule has 6 heteroatoms. The van der Waals surface area contributed by atoms with Gasteiger partial charge in [-0.25, -0.2) is 4.39 Å². The number of thioether (sulfide) groups is 1. The van der Waals surface area contributed by atoms with E-state index < -0.39 is 0 Å². The lowest BCUT2D eigenvalue weighted by Crippen LogP contribution is -2.24. The highest BCUT2D eigenvalue weighted by atomic mass is 32.2. The van der Waals surface area contributed by atoms with Crippen LogP contribution in [0.4, 0.5) is 10.1 Å². The Hall–Kier alpha value is -2.21. The van der Waals surface area contributed by atoms with Gasteiger partial charge in [-0.15, -0.1) is 11.8 Å². The molecule has 2 aromatic carbocycles. The summed E-state index contributed by atoms with van der Waals surface area (Å²) in [6, 6.07) is 11.5. The molecule has 1 aliphatic heterocycles. The Labute approximate surface area is 150 Å². The van der Waals surface area contributed by atoms with Gasteiger partial charge in [-0.3, -0.25) is 4.79 Å². The molecule has 4 nitrogen and oxygen atoms in total. The van der Waals surface area contributed by atoms with Crippen LogP contribution in [-0.4, -0.2) is 24.4 Å². The first-order valence-corrected chi connectivity index (χ1v) is 9.16. The topological polar surface area (TPSA) is 47.6 Å². The SMILES string of the molecule is CCC(Sc1ccc2c(c1)OCCCO2)C(=O)Nc1ccc(F)cc1. The molecule has 1 heterocycles. The molecule has 0 bridgehead atoms. The van der Waals surface area contributed by atoms with Gasteiger partial charge < -0.3 is 14.8 Å². The highest BCUT2D eigenvalue weighted by molar-refractivity contribution is 8.00. The van der Waals surface area contributed by atoms with Crippen molar-refractivity contribution in [1.82, 2.24) is 0 Å². The van der Waals surface area contributed by atoms with E-state index in [0.29, 0.717) is 25.3 Å². The number of hydrogen-bond acceptors (Lipinski definition) is 4. The largest absolute Gasteiger partial charge is 0.490 e. The van der Waals surface area contributed by atoms with Crippen LogP contribution in [0.1, 0.15) is 19.8 Å². The summed E-state index contributed by atoms with van der Waals surface area (Å²) in [5, 5.41) is 2.58. The van der Waals surface area contributed by atoms with E-state index >= 15 is 0 Å². The number of hydrogen-bond donors (Lipinski definition) is 1. The molecular formula is C19H20FNO3S. The van der Waals surface area contributed by atoms with Crippen LogP contribution < -0.4 is 14.8 Å². The van der Waals surface area contributed by atoms with Crippen LogP contribution in [0.5, 0.6) is 11.5 Å². The summed E-state index contributed by atoms with van der Waals surface area (Å²) in [5.74, 6) is 1.03. The van der Waals surface area contributed by atoms with Gasteiger partial charge in [0.25, 0.3) is 0 Å². The minimum Gasteiger partial charge on any atom is -0.490 e. The normalized spacial score (nSPS) is 14.5. The van der Waals surface area contributed by atoms with Gasteiger partial charge >= 0.3 is 0 Å². The minimum atomic E-state index is -0.327. The molecule has 0 fully saturated rings. The van der Waals surface area contributed by atoms with Gasteiger partial charge in [0.2, 0.25) is 5.91 Å². The van der Waals surface area contributed by atoms with E-state index in [1.54, 1.807) is 12.1 Å². The summed E-state index contributed by atoms with van der Waals surface area (Å²) in [6.07, 6.45) is 1.53. The number of nitrogens with one attached hydrogen (secondary N) is 1. The van der Waals surface area contributed by atoms with E-state index in [4.69, 9.17) is 9.47 Å². The van der Waals surface area contributed by atoms with Gasteiger partial charge in [-0.2, -0.15) is 0 Å². The standard InChI is InChI=1S/C19H20FNO3S/c1-2-18(19(22)21-14-6-4-13(20)5-7-14)25-15-8-9-16-17(12-15)24-11-3-10-23-16/h4-9,12,18H,2-3,10-11H2,1H3,(H,21,22). The van der Waals surface area contributed by atoms with Crippen LogP contribution in [0, 0.1) is 5.82 Å². The predicted octanol–water partition coefficient (Wildman–Crippen LogP) is 4.50. The zero-order chi connectivity index (χ0) is 17.6. The van der Waals surface area contributed by atoms with Crippen molar-refractivity contribution in [2.75, 3.05) is 18.5 Å². The molecular weight excluding hydrogens is 341 g/mol. The summed E-state index contributed by atoms with van der Waals surface area (Å²) >= 11 is 1.48. The number of anilines is 1. The van der Waals surface area contributed by atoms with Crippen molar-refractivity contribution in [2.24, 2.45) is 0 Å². The molecule has 0 aliphatic carbocycles. The second-order valence-electron chi connectivity index (χ2n) is 5.67. The number of carbonyl (C=O) groups excluding carboxylic acids is 1. The fraction of sp³-hybridized carbons (Fsp3) is 0.316. The molecule has 1 unspecified atom stereocenters. The quantitative estimate of drug-likeness (QED) is 0.797. The van der Waals surface area contributed by atoms with Crippen LogP contribution in [0.25, 0.3) is 0 Å². The molecule has 25 heavy (non-hydrogen) atoms. The van der Waals surface area contributed by atoms with Gasteiger partial charge in [-0.1, -0.05) is 6.92 Å². The van der Waals surface area contributed by atoms with E-state index in [9.17, 15) is 9.18 Å². The summed E-state index contributed by atoms with van der Waals surface area (Å²) < 4.78 is 24.3. The van der Waals surface area contributed by atoms with Crippen LogP contribution in [-0.2, 0) is 4.79 Å². The Bertz CT molecular complexity index is 736. The highest BCUT2D eigenvalue weighted by Gasteiger charge is 2.19. The molecule has 0 aromatic heterocycles. The second kappa shape index (κ2) is 8.25. The monoisotopic (exact) mass is 361 g/mol. The molecule has 1 atom stereocenters. The number of rotatable bonds is 5. The average molecular weight is 361 g/mol. The lowest BCUT2D eigenvalue weighted by molar-refractivity contribution is -0.115. The third-order valence-electron chi connectivity index (χ3n) is 3.77. The van der Waals surface area contributed by atoms with Crippen molar-refractivity contribution in [3.63, 3.8) is 0 Å². The Morgan fingerprint density at radius 1 is 1.16 bits per heavy atom. The maximum Gasteiger partial charge on any atom is 0.237 e. The van der Waals surface area contributed by atoms with Gasteiger partial charge in [0, 0.05) is 17.0 Å². The van der Waals surface area contributed by atoms with E-state index in [0.717, 1.165) is 22.8 Å². The van der Waals surface area contributed by atoms with Crippen LogP contribution in [0.3, 0.4) is 0 Å². The van der Waals surface area contributed by atoms with Gasteiger partial charge in [-0.05, 0) is 48.9 Å². The van der Waals surface area contributed by atoms with E-state index in [1.165, 1.54) is 23.9 Å². The number of ether oxygens (including phenoxy) is 2. The summed E-state index contributed by atoms with van der Waals surface area (Å²) in [4.78, 5) is 13.4. The Morgan fingerprint density at radius 2 is 1.88 bits per heavy atom. The summed E-state index contributed by atoms with van der Waals surface area (Å²) in [7, 11) is 0. The van der Waals surface area contributed by atoms with Crippen molar-refractivity contribution >= 4 is 23.4 Å². The molecule has 0 radical (unpaired) electrons. The maximum absolute atomic E-state index is 13.0. The number of carbonyl (C=O) groups is 1. The highest BCUT2D eigenvalue weighted by Crippen LogP contribution is 2.36. The molecule has 1 aliphatic rings. The van der Waals surface area contributed by atoms with Gasteiger partial charge in [0.05, 0.1) is 18.5 Å². The maximum atomic E-state index is 13.0. The summed E-state index contributed by atoms with van der Waals surface area (Å²) in [6.45, 7) is 3.24. The van der Waals surface area contributed by atoms with Crippen molar-refractivity contribution in [2.45, 2.75) is 29.9 Å². The van der Waals surface area contributed by atoms with Crippen molar-refractivity contribution in [3.8, 4) is 11.5 Å². The zero-order valence-corrected chi connectivity index (χ0v) is 14.8. The molecule has 132 valence electrons. The van der Waals surface area contributed by atoms with Gasteiger partial charge in [0.15, 0.2) is 11.5 Å². The molecule has 2 aromatic rings. The Kier molecular flexibility index (Phi) is 5.81. The number of benzene rings is 2. The zero-order valence-electron chi connectivity index (χ0n) is 14.0. The third kappa shape index (κ3) is 4.66. The van der Waals surface area contributed by atoms with E-state index in [2.05, 4.69) is 5.32 Å². The average Bonchev–Trinajstić information content (AvgIpc) is 2.86. The first-order valence-electron chi connectivity index (χ1n) is 8.28. The third-order valence-corrected chi connectivity index (χ3v) is 5.13. The van der Waals surface area contributed by atoms with Crippen LogP contribution in [0.15, 0.2) is 47.4 Å². The molecule has 1 amide bonds. The van der Waals surface area contributed by atoms with E-state index in [-0.39, 0.29) is 17.0 Å². The number of fused-ring (bicyclic) bond motifs is 1. The van der Waals surface area contributed by atoms with Crippen molar-refractivity contribution in [1.29, 1.82) is 0 Å². The van der Waals surface area contributed by atoms with E-state index in [1.807, 2.05) is 25.1 Å². The van der Waals surface area contributed by atoms with Gasteiger partial charge in [0.1, 0.15) is 5.82 Å². The minimum absolute atomic E-state index is 0.105. The van der Waals surface area contributed by atoms with Crippen molar-refractivity contribution < 1.29 is 18.7 Å². The Balaban J connectivity index is 1.68. The molecule has 0 spiro atoms. The van der Waals surface area contributed by atoms with Crippen LogP contribution in [0.2, 0.25) is 0 Å². The predicted molar refractivity (Wildman–Crippen MR) is 97.0 cm³/mol. The molecule has 0 saturated carbocycles. The second-order valence-corrected chi connectivity index (χ2v) is 6.95. The fourth-order valence-electron chi connectivity index (χ4n) is 2.46. The first-order chi connectivity index (χ1) is 12.2. The van der Waals surface area contributed by atoms with Crippen molar-refractivity contribution in [3.05, 3.63) is 48.3 Å². The first kappa shape index (κ1) is 17.6. The fourth-order valence-corrected chi connectivity index (χ4v) is 3.44. The molecule has 1 N–H and O–H groups in total. The smallest absolute Gasteiger partial charge is 0.237 e. The molecule has 0 saturated heterocycles. The lowest BCUT2D eigenvalue weighted by Gasteiger charge is -2.16. The summed E-state index contributed by atoms with van der Waals surface area (Å²) in [5.41, 5.74) is 0.587. The Morgan fingerprint density at radius 3 is 2.60 bits per heavy atom. The number of amides is 1. The molecule has 3 rings (SSSR count). The lowest BCUT2D eigenvalue weighted by atomic mass is 10.2. The van der Waals surface area contributed by atoms with Crippen LogP contribution >= 0.6 is 11.8 Å².